The van der Waals surface area contributed by atoms with Crippen molar-refractivity contribution in [3.63, 3.8) is 0 Å². The number of allylic oxidation sites excluding steroid dienone is 2. The van der Waals surface area contributed by atoms with Gasteiger partial charge in [-0.25, -0.2) is 0 Å². The summed E-state index contributed by atoms with van der Waals surface area (Å²) in [5, 5.41) is 26.4. The van der Waals surface area contributed by atoms with E-state index in [1.54, 1.807) is 31.2 Å². The number of aliphatic hydroxyl groups is 1. The van der Waals surface area contributed by atoms with Gasteiger partial charge in [0, 0.05) is 6.61 Å². The second kappa shape index (κ2) is 9.70. The largest absolute Gasteiger partial charge is 0.508 e. The van der Waals surface area contributed by atoms with Gasteiger partial charge in [-0.05, 0) is 66.3 Å². The molecule has 0 atom stereocenters. The normalized spacial score (nSPS) is 11.3. The van der Waals surface area contributed by atoms with Gasteiger partial charge in [-0.2, -0.15) is 0 Å². The third-order valence-corrected chi connectivity index (χ3v) is 3.50. The van der Waals surface area contributed by atoms with Crippen LogP contribution < -0.4 is 0 Å². The van der Waals surface area contributed by atoms with E-state index in [0.717, 1.165) is 24.0 Å². The molecule has 2 aromatic rings. The summed E-state index contributed by atoms with van der Waals surface area (Å²) in [6.07, 6.45) is 1.85. The molecule has 0 aromatic heterocycles. The van der Waals surface area contributed by atoms with Crippen LogP contribution in [0.3, 0.4) is 0 Å². The lowest BCUT2D eigenvalue weighted by molar-refractivity contribution is 0.318. The Hall–Kier alpha value is -2.26. The molecular formula is C20H26O3. The fourth-order valence-electron chi connectivity index (χ4n) is 2.51. The van der Waals surface area contributed by atoms with Gasteiger partial charge in [-0.15, -0.1) is 0 Å². The summed E-state index contributed by atoms with van der Waals surface area (Å²) in [4.78, 5) is 0. The number of aromatic hydroxyl groups is 2. The quantitative estimate of drug-likeness (QED) is 0.709. The average Bonchev–Trinajstić information content (AvgIpc) is 2.55. The van der Waals surface area contributed by atoms with Crippen LogP contribution >= 0.6 is 0 Å². The number of benzene rings is 2. The lowest BCUT2D eigenvalue weighted by Gasteiger charge is -2.14. The van der Waals surface area contributed by atoms with Crippen LogP contribution in [0.4, 0.5) is 0 Å². The Morgan fingerprint density at radius 3 is 1.13 bits per heavy atom. The topological polar surface area (TPSA) is 60.7 Å². The molecule has 0 aliphatic rings. The van der Waals surface area contributed by atoms with Gasteiger partial charge in [0.05, 0.1) is 0 Å². The number of phenols is 2. The fourth-order valence-corrected chi connectivity index (χ4v) is 2.51. The molecule has 23 heavy (non-hydrogen) atoms. The Kier molecular flexibility index (Phi) is 7.92. The summed E-state index contributed by atoms with van der Waals surface area (Å²) >= 11 is 0. The van der Waals surface area contributed by atoms with Gasteiger partial charge >= 0.3 is 0 Å². The maximum Gasteiger partial charge on any atom is 0.115 e. The Balaban J connectivity index is 0.000000816. The molecule has 0 aliphatic carbocycles. The van der Waals surface area contributed by atoms with Gasteiger partial charge in [-0.3, -0.25) is 0 Å². The molecule has 0 saturated carbocycles. The molecule has 3 heteroatoms. The summed E-state index contributed by atoms with van der Waals surface area (Å²) in [6.45, 7) is 6.20. The SMILES string of the molecule is CC/C(=C(/CC)c1ccc(O)cc1)c1ccc(O)cc1.CCO. The first-order chi connectivity index (χ1) is 11.1. The highest BCUT2D eigenvalue weighted by atomic mass is 16.3. The lowest BCUT2D eigenvalue weighted by atomic mass is 9.91. The monoisotopic (exact) mass is 314 g/mol. The molecule has 0 amide bonds. The highest BCUT2D eigenvalue weighted by Crippen LogP contribution is 2.32. The van der Waals surface area contributed by atoms with Crippen molar-refractivity contribution < 1.29 is 15.3 Å². The van der Waals surface area contributed by atoms with Crippen LogP contribution in [-0.2, 0) is 0 Å². The highest BCUT2D eigenvalue weighted by molar-refractivity contribution is 5.90. The molecule has 0 saturated heterocycles. The number of phenolic OH excluding ortho intramolecular Hbond substituents is 2. The minimum absolute atomic E-state index is 0.250. The van der Waals surface area contributed by atoms with Gasteiger partial charge in [0.25, 0.3) is 0 Å². The number of aliphatic hydroxyl groups excluding tert-OH is 1. The van der Waals surface area contributed by atoms with Crippen molar-refractivity contribution in [3.05, 3.63) is 59.7 Å². The molecule has 2 rings (SSSR count). The molecule has 3 nitrogen and oxygen atoms in total. The van der Waals surface area contributed by atoms with Gasteiger partial charge in [0.2, 0.25) is 0 Å². The first-order valence-corrected chi connectivity index (χ1v) is 7.98. The summed E-state index contributed by atoms with van der Waals surface area (Å²) in [6, 6.07) is 14.7. The van der Waals surface area contributed by atoms with Crippen molar-refractivity contribution in [1.29, 1.82) is 0 Å². The maximum absolute atomic E-state index is 9.41. The third kappa shape index (κ3) is 5.46. The van der Waals surface area contributed by atoms with Crippen molar-refractivity contribution in [2.24, 2.45) is 0 Å². The van der Waals surface area contributed by atoms with Crippen LogP contribution in [0.5, 0.6) is 11.5 Å². The van der Waals surface area contributed by atoms with E-state index < -0.39 is 0 Å². The van der Waals surface area contributed by atoms with Gasteiger partial charge in [0.1, 0.15) is 11.5 Å². The van der Waals surface area contributed by atoms with Crippen molar-refractivity contribution in [2.75, 3.05) is 6.61 Å². The highest BCUT2D eigenvalue weighted by Gasteiger charge is 2.09. The first kappa shape index (κ1) is 18.8. The Morgan fingerprint density at radius 2 is 0.913 bits per heavy atom. The standard InChI is InChI=1S/C18H20O2.C2H6O/c1-3-17(13-5-9-15(19)10-6-13)18(4-2)14-7-11-16(20)12-8-14;1-2-3/h5-12,19-20H,3-4H2,1-2H3;3H,2H2,1H3/b18-17+;. The molecule has 124 valence electrons. The zero-order valence-corrected chi connectivity index (χ0v) is 14.1. The summed E-state index contributed by atoms with van der Waals surface area (Å²) in [5.41, 5.74) is 4.82. The van der Waals surface area contributed by atoms with E-state index in [1.807, 2.05) is 24.3 Å². The summed E-state index contributed by atoms with van der Waals surface area (Å²) in [5.74, 6) is 0.568. The molecule has 2 aromatic carbocycles. The smallest absolute Gasteiger partial charge is 0.115 e. The van der Waals surface area contributed by atoms with Gasteiger partial charge < -0.3 is 15.3 Å². The number of hydrogen-bond acceptors (Lipinski definition) is 3. The molecular weight excluding hydrogens is 288 g/mol. The van der Waals surface area contributed by atoms with Crippen LogP contribution in [0.1, 0.15) is 44.7 Å². The van der Waals surface area contributed by atoms with Crippen molar-refractivity contribution in [2.45, 2.75) is 33.6 Å². The van der Waals surface area contributed by atoms with E-state index in [2.05, 4.69) is 13.8 Å². The number of rotatable bonds is 4. The summed E-state index contributed by atoms with van der Waals surface area (Å²) in [7, 11) is 0. The first-order valence-electron chi connectivity index (χ1n) is 7.98. The molecule has 0 radical (unpaired) electrons. The second-order valence-electron chi connectivity index (χ2n) is 5.07. The minimum atomic E-state index is 0.250. The average molecular weight is 314 g/mol. The Labute approximate surface area is 138 Å². The zero-order chi connectivity index (χ0) is 17.2. The molecule has 0 bridgehead atoms. The fraction of sp³-hybridized carbons (Fsp3) is 0.300. The van der Waals surface area contributed by atoms with Gasteiger partial charge in [-0.1, -0.05) is 38.1 Å². The predicted octanol–water partition coefficient (Wildman–Crippen LogP) is 4.83. The lowest BCUT2D eigenvalue weighted by Crippen LogP contribution is -1.91. The maximum atomic E-state index is 9.41. The molecule has 0 unspecified atom stereocenters. The Morgan fingerprint density at radius 1 is 0.652 bits per heavy atom. The molecule has 0 heterocycles. The Bertz CT molecular complexity index is 555. The molecule has 0 fully saturated rings. The minimum Gasteiger partial charge on any atom is -0.508 e. The van der Waals surface area contributed by atoms with E-state index in [1.165, 1.54) is 11.1 Å². The third-order valence-electron chi connectivity index (χ3n) is 3.50. The molecule has 0 spiro atoms. The molecule has 3 N–H and O–H groups in total. The van der Waals surface area contributed by atoms with E-state index in [0.29, 0.717) is 0 Å². The molecule has 0 aliphatic heterocycles. The van der Waals surface area contributed by atoms with Crippen LogP contribution in [0.25, 0.3) is 11.1 Å². The van der Waals surface area contributed by atoms with Crippen molar-refractivity contribution >= 4 is 11.1 Å². The van der Waals surface area contributed by atoms with Crippen LogP contribution in [-0.4, -0.2) is 21.9 Å². The van der Waals surface area contributed by atoms with E-state index in [4.69, 9.17) is 5.11 Å². The van der Waals surface area contributed by atoms with Gasteiger partial charge in [0.15, 0.2) is 0 Å². The predicted molar refractivity (Wildman–Crippen MR) is 96.4 cm³/mol. The van der Waals surface area contributed by atoms with Crippen molar-refractivity contribution in [1.82, 2.24) is 0 Å². The second-order valence-corrected chi connectivity index (χ2v) is 5.07. The van der Waals surface area contributed by atoms with E-state index >= 15 is 0 Å². The van der Waals surface area contributed by atoms with Crippen LogP contribution in [0, 0.1) is 0 Å². The van der Waals surface area contributed by atoms with E-state index in [9.17, 15) is 10.2 Å². The van der Waals surface area contributed by atoms with E-state index in [-0.39, 0.29) is 18.1 Å². The number of hydrogen-bond donors (Lipinski definition) is 3. The van der Waals surface area contributed by atoms with Crippen LogP contribution in [0.2, 0.25) is 0 Å². The van der Waals surface area contributed by atoms with Crippen molar-refractivity contribution in [3.8, 4) is 11.5 Å². The van der Waals surface area contributed by atoms with Crippen LogP contribution in [0.15, 0.2) is 48.5 Å². The zero-order valence-electron chi connectivity index (χ0n) is 14.1. The summed E-state index contributed by atoms with van der Waals surface area (Å²) < 4.78 is 0.